The molecule has 0 radical (unpaired) electrons. The third-order valence-electron chi connectivity index (χ3n) is 6.59. The number of ketones is 1. The third kappa shape index (κ3) is 6.74. The fourth-order valence-corrected chi connectivity index (χ4v) is 4.82. The zero-order valence-corrected chi connectivity index (χ0v) is 20.6. The van der Waals surface area contributed by atoms with E-state index in [2.05, 4.69) is 15.5 Å². The van der Waals surface area contributed by atoms with Crippen molar-refractivity contribution in [2.75, 3.05) is 46.4 Å². The maximum atomic E-state index is 14.6. The Balaban J connectivity index is 2.00. The van der Waals surface area contributed by atoms with E-state index in [9.17, 15) is 18.8 Å². The molecule has 1 heterocycles. The molecule has 0 bridgehead atoms. The number of carbonyl (C=O) groups excluding carboxylic acids is 3. The highest BCUT2D eigenvalue weighted by Gasteiger charge is 2.45. The Morgan fingerprint density at radius 1 is 1.00 bits per heavy atom. The molecule has 2 aromatic rings. The van der Waals surface area contributed by atoms with Crippen LogP contribution in [0.25, 0.3) is 0 Å². The molecule has 1 aliphatic rings. The largest absolute Gasteiger partial charge is 0.383 e. The lowest BCUT2D eigenvalue weighted by Crippen LogP contribution is -2.53. The predicted octanol–water partition coefficient (Wildman–Crippen LogP) is 2.55. The van der Waals surface area contributed by atoms with Crippen LogP contribution < -0.4 is 10.6 Å². The maximum Gasteiger partial charge on any atom is 0.225 e. The first-order chi connectivity index (χ1) is 16.8. The standard InChI is InChI=1S/C27H34FN3O4/c1-18-21(10-7-11-24(18)28)25-22(26(33)20-8-5-4-6-9-20)16-31(14-15-35-3)17-23(25)27(34)30-13-12-29-19(2)32/h4-11,22-23,25H,12-17H2,1-3H3,(H,29,32)(H,30,34)/t22-,23+,25-/m0/s1. The van der Waals surface area contributed by atoms with Gasteiger partial charge in [0, 0.05) is 64.2 Å². The molecular weight excluding hydrogens is 449 g/mol. The summed E-state index contributed by atoms with van der Waals surface area (Å²) >= 11 is 0. The van der Waals surface area contributed by atoms with Crippen molar-refractivity contribution in [3.8, 4) is 0 Å². The summed E-state index contributed by atoms with van der Waals surface area (Å²) in [6, 6.07) is 13.9. The van der Waals surface area contributed by atoms with Gasteiger partial charge in [-0.1, -0.05) is 42.5 Å². The molecule has 1 saturated heterocycles. The van der Waals surface area contributed by atoms with Crippen LogP contribution in [0.3, 0.4) is 0 Å². The number of likely N-dealkylation sites (tertiary alicyclic amines) is 1. The molecule has 0 aromatic heterocycles. The molecule has 1 aliphatic heterocycles. The quantitative estimate of drug-likeness (QED) is 0.401. The number of ether oxygens (including phenoxy) is 1. The van der Waals surface area contributed by atoms with E-state index < -0.39 is 17.8 Å². The lowest BCUT2D eigenvalue weighted by molar-refractivity contribution is -0.128. The van der Waals surface area contributed by atoms with Crippen molar-refractivity contribution in [1.29, 1.82) is 0 Å². The van der Waals surface area contributed by atoms with E-state index in [0.29, 0.717) is 49.5 Å². The predicted molar refractivity (Wildman–Crippen MR) is 132 cm³/mol. The summed E-state index contributed by atoms with van der Waals surface area (Å²) in [6.07, 6.45) is 0. The summed E-state index contributed by atoms with van der Waals surface area (Å²) in [6.45, 7) is 5.56. The Labute approximate surface area is 206 Å². The van der Waals surface area contributed by atoms with Crippen LogP contribution in [0.5, 0.6) is 0 Å². The number of hydrogen-bond acceptors (Lipinski definition) is 5. The van der Waals surface area contributed by atoms with E-state index in [0.717, 1.165) is 0 Å². The van der Waals surface area contributed by atoms with Gasteiger partial charge in [-0.2, -0.15) is 0 Å². The van der Waals surface area contributed by atoms with Gasteiger partial charge in [-0.25, -0.2) is 4.39 Å². The number of hydrogen-bond donors (Lipinski definition) is 2. The number of nitrogens with one attached hydrogen (secondary N) is 2. The van der Waals surface area contributed by atoms with Gasteiger partial charge in [0.25, 0.3) is 0 Å². The lowest BCUT2D eigenvalue weighted by Gasteiger charge is -2.43. The van der Waals surface area contributed by atoms with Crippen molar-refractivity contribution >= 4 is 17.6 Å². The molecule has 7 nitrogen and oxygen atoms in total. The second-order valence-electron chi connectivity index (χ2n) is 8.95. The van der Waals surface area contributed by atoms with Gasteiger partial charge in [0.15, 0.2) is 5.78 Å². The van der Waals surface area contributed by atoms with Gasteiger partial charge in [0.2, 0.25) is 11.8 Å². The Bertz CT molecular complexity index is 1030. The molecule has 3 rings (SSSR count). The molecule has 0 spiro atoms. The number of carbonyl (C=O) groups is 3. The zero-order valence-electron chi connectivity index (χ0n) is 20.6. The Kier molecular flexibility index (Phi) is 9.51. The van der Waals surface area contributed by atoms with Crippen molar-refractivity contribution in [3.63, 3.8) is 0 Å². The van der Waals surface area contributed by atoms with Gasteiger partial charge in [-0.3, -0.25) is 19.3 Å². The van der Waals surface area contributed by atoms with Gasteiger partial charge in [0.05, 0.1) is 12.5 Å². The van der Waals surface area contributed by atoms with E-state index >= 15 is 0 Å². The molecule has 0 aliphatic carbocycles. The molecule has 1 fully saturated rings. The minimum Gasteiger partial charge on any atom is -0.383 e. The van der Waals surface area contributed by atoms with Gasteiger partial charge >= 0.3 is 0 Å². The Morgan fingerprint density at radius 3 is 2.37 bits per heavy atom. The van der Waals surface area contributed by atoms with Crippen LogP contribution in [0.2, 0.25) is 0 Å². The van der Waals surface area contributed by atoms with E-state index in [1.165, 1.54) is 13.0 Å². The monoisotopic (exact) mass is 483 g/mol. The summed E-state index contributed by atoms with van der Waals surface area (Å²) in [7, 11) is 1.61. The normalized spacial score (nSPS) is 20.3. The SMILES string of the molecule is COCCN1C[C@H](C(=O)c2ccccc2)[C@H](c2cccc(F)c2C)[C@H](C(=O)NCCNC(C)=O)C1. The smallest absolute Gasteiger partial charge is 0.225 e. The lowest BCUT2D eigenvalue weighted by atomic mass is 9.69. The Morgan fingerprint density at radius 2 is 1.69 bits per heavy atom. The molecule has 188 valence electrons. The number of halogens is 1. The highest BCUT2D eigenvalue weighted by Crippen LogP contribution is 2.41. The Hall–Kier alpha value is -3.10. The highest BCUT2D eigenvalue weighted by atomic mass is 19.1. The average molecular weight is 484 g/mol. The number of methoxy groups -OCH3 is 1. The maximum absolute atomic E-state index is 14.6. The van der Waals surface area contributed by atoms with Crippen LogP contribution in [0.15, 0.2) is 48.5 Å². The second kappa shape index (κ2) is 12.6. The number of nitrogens with zero attached hydrogens (tertiary/aromatic N) is 1. The average Bonchev–Trinajstić information content (AvgIpc) is 2.86. The van der Waals surface area contributed by atoms with Crippen LogP contribution >= 0.6 is 0 Å². The molecule has 2 N–H and O–H groups in total. The summed E-state index contributed by atoms with van der Waals surface area (Å²) < 4.78 is 19.9. The summed E-state index contributed by atoms with van der Waals surface area (Å²) in [5, 5.41) is 5.57. The second-order valence-corrected chi connectivity index (χ2v) is 8.95. The van der Waals surface area contributed by atoms with E-state index in [-0.39, 0.29) is 30.0 Å². The van der Waals surface area contributed by atoms with E-state index in [4.69, 9.17) is 4.74 Å². The number of benzene rings is 2. The molecule has 0 unspecified atom stereocenters. The van der Waals surface area contributed by atoms with Crippen LogP contribution in [-0.4, -0.2) is 68.9 Å². The number of piperidine rings is 1. The van der Waals surface area contributed by atoms with Crippen LogP contribution in [0.4, 0.5) is 4.39 Å². The van der Waals surface area contributed by atoms with Gasteiger partial charge in [-0.05, 0) is 24.1 Å². The summed E-state index contributed by atoms with van der Waals surface area (Å²) in [5.41, 5.74) is 1.69. The first-order valence-corrected chi connectivity index (χ1v) is 11.9. The fourth-order valence-electron chi connectivity index (χ4n) is 4.82. The minimum absolute atomic E-state index is 0.0718. The summed E-state index contributed by atoms with van der Waals surface area (Å²) in [5.74, 6) is -2.47. The minimum atomic E-state index is -0.587. The van der Waals surface area contributed by atoms with Gasteiger partial charge in [0.1, 0.15) is 5.82 Å². The highest BCUT2D eigenvalue weighted by molar-refractivity contribution is 5.99. The topological polar surface area (TPSA) is 87.7 Å². The fraction of sp³-hybridized carbons (Fsp3) is 0.444. The van der Waals surface area contributed by atoms with Crippen molar-refractivity contribution in [1.82, 2.24) is 15.5 Å². The van der Waals surface area contributed by atoms with Crippen LogP contribution in [0, 0.1) is 24.6 Å². The summed E-state index contributed by atoms with van der Waals surface area (Å²) in [4.78, 5) is 40.5. The van der Waals surface area contributed by atoms with Crippen LogP contribution in [0.1, 0.15) is 34.3 Å². The molecule has 3 atom stereocenters. The van der Waals surface area contributed by atoms with E-state index in [1.54, 1.807) is 32.2 Å². The van der Waals surface area contributed by atoms with Gasteiger partial charge < -0.3 is 15.4 Å². The first kappa shape index (κ1) is 26.5. The number of rotatable bonds is 10. The van der Waals surface area contributed by atoms with Gasteiger partial charge in [-0.15, -0.1) is 0 Å². The molecule has 8 heteroatoms. The molecule has 2 amide bonds. The molecule has 2 aromatic carbocycles. The molecular formula is C27H34FN3O4. The zero-order chi connectivity index (χ0) is 25.4. The molecule has 0 saturated carbocycles. The molecule has 35 heavy (non-hydrogen) atoms. The third-order valence-corrected chi connectivity index (χ3v) is 6.59. The van der Waals surface area contributed by atoms with Crippen molar-refractivity contribution in [3.05, 3.63) is 71.0 Å². The van der Waals surface area contributed by atoms with Crippen molar-refractivity contribution < 1.29 is 23.5 Å². The van der Waals surface area contributed by atoms with Crippen molar-refractivity contribution in [2.45, 2.75) is 19.8 Å². The first-order valence-electron chi connectivity index (χ1n) is 11.9. The van der Waals surface area contributed by atoms with Crippen LogP contribution in [-0.2, 0) is 14.3 Å². The van der Waals surface area contributed by atoms with Crippen molar-refractivity contribution in [2.24, 2.45) is 11.8 Å². The number of Topliss-reactive ketones (excluding diaryl/α,β-unsaturated/α-hetero) is 1. The number of amides is 2. The van der Waals surface area contributed by atoms with E-state index in [1.807, 2.05) is 24.3 Å².